The van der Waals surface area contributed by atoms with Crippen molar-refractivity contribution in [3.05, 3.63) is 0 Å². The maximum atomic E-state index is 11.4. The molecule has 1 N–H and O–H groups in total. The molecule has 2 fully saturated rings. The van der Waals surface area contributed by atoms with Gasteiger partial charge < -0.3 is 14.8 Å². The van der Waals surface area contributed by atoms with Gasteiger partial charge in [0, 0.05) is 17.9 Å². The molecule has 1 saturated heterocycles. The standard InChI is InChI=1S/C10H17NO3/c1-10(2,3)14-9(12)11-8-6-4-13-5-7(6)8/h6-8H,4-5H2,1-3H3,(H,11,12)/t6-,7+,8?. The van der Waals surface area contributed by atoms with Crippen LogP contribution >= 0.6 is 0 Å². The Kier molecular flexibility index (Phi) is 2.18. The van der Waals surface area contributed by atoms with Gasteiger partial charge >= 0.3 is 6.09 Å². The minimum absolute atomic E-state index is 0.290. The number of alkyl carbamates (subject to hydrolysis) is 1. The van der Waals surface area contributed by atoms with E-state index in [4.69, 9.17) is 9.47 Å². The van der Waals surface area contributed by atoms with Gasteiger partial charge in [-0.1, -0.05) is 0 Å². The quantitative estimate of drug-likeness (QED) is 0.689. The van der Waals surface area contributed by atoms with Crippen LogP contribution in [0.15, 0.2) is 0 Å². The van der Waals surface area contributed by atoms with Gasteiger partial charge in [-0.3, -0.25) is 0 Å². The monoisotopic (exact) mass is 199 g/mol. The highest BCUT2D eigenvalue weighted by atomic mass is 16.6. The van der Waals surface area contributed by atoms with E-state index >= 15 is 0 Å². The molecule has 0 aromatic carbocycles. The molecule has 0 aromatic heterocycles. The van der Waals surface area contributed by atoms with E-state index in [-0.39, 0.29) is 6.09 Å². The average molecular weight is 199 g/mol. The Hall–Kier alpha value is -0.770. The van der Waals surface area contributed by atoms with E-state index in [0.717, 1.165) is 13.2 Å². The maximum Gasteiger partial charge on any atom is 0.407 e. The molecule has 1 amide bonds. The van der Waals surface area contributed by atoms with E-state index in [0.29, 0.717) is 17.9 Å². The van der Waals surface area contributed by atoms with Crippen molar-refractivity contribution in [2.45, 2.75) is 32.4 Å². The van der Waals surface area contributed by atoms with Gasteiger partial charge in [0.15, 0.2) is 0 Å². The highest BCUT2D eigenvalue weighted by Crippen LogP contribution is 2.44. The fourth-order valence-electron chi connectivity index (χ4n) is 1.90. The van der Waals surface area contributed by atoms with Crippen molar-refractivity contribution in [3.63, 3.8) is 0 Å². The van der Waals surface area contributed by atoms with Crippen molar-refractivity contribution in [1.29, 1.82) is 0 Å². The Bertz CT molecular complexity index is 236. The largest absolute Gasteiger partial charge is 0.444 e. The number of amides is 1. The first-order chi connectivity index (χ1) is 6.47. The van der Waals surface area contributed by atoms with Crippen LogP contribution in [0.25, 0.3) is 0 Å². The normalized spacial score (nSPS) is 34.9. The van der Waals surface area contributed by atoms with Crippen LogP contribution in [0.1, 0.15) is 20.8 Å². The molecule has 0 bridgehead atoms. The summed E-state index contributed by atoms with van der Waals surface area (Å²) in [6.45, 7) is 7.16. The number of carbonyl (C=O) groups is 1. The minimum Gasteiger partial charge on any atom is -0.444 e. The Balaban J connectivity index is 1.74. The van der Waals surface area contributed by atoms with Crippen LogP contribution in [-0.4, -0.2) is 30.9 Å². The summed E-state index contributed by atoms with van der Waals surface area (Å²) in [6, 6.07) is 0.290. The molecule has 1 unspecified atom stereocenters. The molecule has 2 aliphatic rings. The molecular weight excluding hydrogens is 182 g/mol. The van der Waals surface area contributed by atoms with Crippen molar-refractivity contribution in [1.82, 2.24) is 5.32 Å². The smallest absolute Gasteiger partial charge is 0.407 e. The van der Waals surface area contributed by atoms with Crippen LogP contribution in [0.2, 0.25) is 0 Å². The van der Waals surface area contributed by atoms with Gasteiger partial charge in [-0.2, -0.15) is 0 Å². The van der Waals surface area contributed by atoms with E-state index < -0.39 is 5.60 Å². The zero-order valence-corrected chi connectivity index (χ0v) is 8.87. The molecule has 80 valence electrons. The van der Waals surface area contributed by atoms with Crippen molar-refractivity contribution in [3.8, 4) is 0 Å². The summed E-state index contributed by atoms with van der Waals surface area (Å²) < 4.78 is 10.4. The molecule has 4 heteroatoms. The first kappa shape index (κ1) is 9.77. The van der Waals surface area contributed by atoms with Gasteiger partial charge in [-0.25, -0.2) is 4.79 Å². The Morgan fingerprint density at radius 2 is 1.93 bits per heavy atom. The topological polar surface area (TPSA) is 47.6 Å². The number of hydrogen-bond acceptors (Lipinski definition) is 3. The molecule has 1 saturated carbocycles. The second-order valence-corrected chi connectivity index (χ2v) is 5.04. The first-order valence-electron chi connectivity index (χ1n) is 5.04. The Morgan fingerprint density at radius 3 is 2.43 bits per heavy atom. The lowest BCUT2D eigenvalue weighted by Gasteiger charge is -2.20. The lowest BCUT2D eigenvalue weighted by atomic mass is 10.2. The SMILES string of the molecule is CC(C)(C)OC(=O)NC1[C@H]2COC[C@@H]12. The molecule has 1 aliphatic heterocycles. The first-order valence-corrected chi connectivity index (χ1v) is 5.04. The number of hydrogen-bond donors (Lipinski definition) is 1. The van der Waals surface area contributed by atoms with Crippen LogP contribution < -0.4 is 5.32 Å². The summed E-state index contributed by atoms with van der Waals surface area (Å²) in [5.41, 5.74) is -0.412. The third-order valence-electron chi connectivity index (χ3n) is 2.64. The molecule has 0 aromatic rings. The van der Waals surface area contributed by atoms with E-state index in [2.05, 4.69) is 5.32 Å². The fraction of sp³-hybridized carbons (Fsp3) is 0.900. The van der Waals surface area contributed by atoms with E-state index in [1.165, 1.54) is 0 Å². The average Bonchev–Trinajstić information content (AvgIpc) is 2.50. The van der Waals surface area contributed by atoms with Gasteiger partial charge in [0.1, 0.15) is 5.60 Å². The van der Waals surface area contributed by atoms with Gasteiger partial charge in [-0.15, -0.1) is 0 Å². The molecule has 0 radical (unpaired) electrons. The Labute approximate surface area is 84.0 Å². The van der Waals surface area contributed by atoms with Crippen LogP contribution in [0, 0.1) is 11.8 Å². The highest BCUT2D eigenvalue weighted by molar-refractivity contribution is 5.68. The maximum absolute atomic E-state index is 11.4. The predicted octanol–water partition coefficient (Wildman–Crippen LogP) is 1.16. The summed E-state index contributed by atoms with van der Waals surface area (Å²) in [4.78, 5) is 11.4. The third-order valence-corrected chi connectivity index (χ3v) is 2.64. The third kappa shape index (κ3) is 2.00. The van der Waals surface area contributed by atoms with Crippen LogP contribution in [0.3, 0.4) is 0 Å². The molecule has 1 aliphatic carbocycles. The molecule has 2 rings (SSSR count). The summed E-state index contributed by atoms with van der Waals surface area (Å²) >= 11 is 0. The van der Waals surface area contributed by atoms with Crippen LogP contribution in [0.5, 0.6) is 0 Å². The summed E-state index contributed by atoms with van der Waals surface area (Å²) in [7, 11) is 0. The van der Waals surface area contributed by atoms with Gasteiger partial charge in [0.05, 0.1) is 13.2 Å². The van der Waals surface area contributed by atoms with Gasteiger partial charge in [0.2, 0.25) is 0 Å². The number of ether oxygens (including phenoxy) is 2. The zero-order valence-electron chi connectivity index (χ0n) is 8.87. The Morgan fingerprint density at radius 1 is 1.36 bits per heavy atom. The fourth-order valence-corrected chi connectivity index (χ4v) is 1.90. The summed E-state index contributed by atoms with van der Waals surface area (Å²) in [6.07, 6.45) is -0.308. The second kappa shape index (κ2) is 3.12. The van der Waals surface area contributed by atoms with Crippen LogP contribution in [-0.2, 0) is 9.47 Å². The lowest BCUT2D eigenvalue weighted by molar-refractivity contribution is 0.0503. The zero-order chi connectivity index (χ0) is 10.3. The molecule has 1 heterocycles. The highest BCUT2D eigenvalue weighted by Gasteiger charge is 2.55. The molecule has 4 nitrogen and oxygen atoms in total. The van der Waals surface area contributed by atoms with Crippen molar-refractivity contribution in [2.75, 3.05) is 13.2 Å². The van der Waals surface area contributed by atoms with Gasteiger partial charge in [0.25, 0.3) is 0 Å². The van der Waals surface area contributed by atoms with E-state index in [1.54, 1.807) is 0 Å². The molecule has 3 atom stereocenters. The predicted molar refractivity (Wildman–Crippen MR) is 51.0 cm³/mol. The van der Waals surface area contributed by atoms with Crippen LogP contribution in [0.4, 0.5) is 4.79 Å². The summed E-state index contributed by atoms with van der Waals surface area (Å²) in [5.74, 6) is 1.06. The number of fused-ring (bicyclic) bond motifs is 1. The lowest BCUT2D eigenvalue weighted by Crippen LogP contribution is -2.35. The van der Waals surface area contributed by atoms with Crippen molar-refractivity contribution < 1.29 is 14.3 Å². The molecule has 0 spiro atoms. The molecular formula is C10H17NO3. The number of nitrogens with one attached hydrogen (secondary N) is 1. The number of rotatable bonds is 1. The van der Waals surface area contributed by atoms with Gasteiger partial charge in [-0.05, 0) is 20.8 Å². The van der Waals surface area contributed by atoms with Crippen molar-refractivity contribution in [2.24, 2.45) is 11.8 Å². The number of carbonyl (C=O) groups excluding carboxylic acids is 1. The van der Waals surface area contributed by atoms with Crippen molar-refractivity contribution >= 4 is 6.09 Å². The van der Waals surface area contributed by atoms with E-state index in [1.807, 2.05) is 20.8 Å². The minimum atomic E-state index is -0.412. The second-order valence-electron chi connectivity index (χ2n) is 5.04. The van der Waals surface area contributed by atoms with E-state index in [9.17, 15) is 4.79 Å². The molecule has 14 heavy (non-hydrogen) atoms. The summed E-state index contributed by atoms with van der Waals surface area (Å²) in [5, 5.41) is 2.87.